The van der Waals surface area contributed by atoms with Gasteiger partial charge in [0.2, 0.25) is 0 Å². The highest BCUT2D eigenvalue weighted by Crippen LogP contribution is 2.25. The van der Waals surface area contributed by atoms with Gasteiger partial charge in [-0.3, -0.25) is 4.40 Å². The van der Waals surface area contributed by atoms with Crippen LogP contribution < -0.4 is 5.32 Å². The van der Waals surface area contributed by atoms with Crippen LogP contribution in [0.3, 0.4) is 0 Å². The molecule has 0 atom stereocenters. The summed E-state index contributed by atoms with van der Waals surface area (Å²) >= 11 is 0. The number of benzene rings is 1. The first-order valence-electron chi connectivity index (χ1n) is 7.38. The molecule has 4 rings (SSSR count). The van der Waals surface area contributed by atoms with Crippen molar-refractivity contribution in [3.63, 3.8) is 0 Å². The molecule has 5 nitrogen and oxygen atoms in total. The lowest BCUT2D eigenvalue weighted by Crippen LogP contribution is -2.27. The molecule has 3 aromatic rings. The van der Waals surface area contributed by atoms with E-state index in [1.54, 1.807) is 0 Å². The number of nitrogens with zero attached hydrogens (tertiary/aromatic N) is 4. The number of hydrogen-bond donors (Lipinski definition) is 1. The highest BCUT2D eigenvalue weighted by Gasteiger charge is 2.20. The third-order valence-electron chi connectivity index (χ3n) is 4.10. The van der Waals surface area contributed by atoms with Crippen molar-refractivity contribution in [1.29, 1.82) is 0 Å². The summed E-state index contributed by atoms with van der Waals surface area (Å²) in [7, 11) is 0. The first-order chi connectivity index (χ1) is 10.4. The standard InChI is InChI=1S/C16H17N5/c1-2-4-12(5-3-1)14-10-15-19-20-16(21(15)11-18-14)13-6-8-17-9-7-13/h1-5,10-11,13,17H,6-9H2. The molecule has 0 amide bonds. The van der Waals surface area contributed by atoms with Gasteiger partial charge >= 0.3 is 0 Å². The maximum Gasteiger partial charge on any atom is 0.164 e. The zero-order chi connectivity index (χ0) is 14.1. The fourth-order valence-electron chi connectivity index (χ4n) is 2.94. The molecule has 1 aromatic carbocycles. The lowest BCUT2D eigenvalue weighted by atomic mass is 9.97. The van der Waals surface area contributed by atoms with E-state index < -0.39 is 0 Å². The summed E-state index contributed by atoms with van der Waals surface area (Å²) in [5.41, 5.74) is 2.91. The van der Waals surface area contributed by atoms with Gasteiger partial charge in [0.1, 0.15) is 12.2 Å². The van der Waals surface area contributed by atoms with Crippen molar-refractivity contribution in [2.75, 3.05) is 13.1 Å². The second kappa shape index (κ2) is 5.26. The van der Waals surface area contributed by atoms with Crippen LogP contribution in [-0.2, 0) is 0 Å². The van der Waals surface area contributed by atoms with E-state index in [-0.39, 0.29) is 0 Å². The van der Waals surface area contributed by atoms with E-state index in [0.717, 1.165) is 48.7 Å². The van der Waals surface area contributed by atoms with Crippen molar-refractivity contribution in [3.8, 4) is 11.3 Å². The van der Waals surface area contributed by atoms with Gasteiger partial charge in [-0.05, 0) is 25.9 Å². The maximum absolute atomic E-state index is 4.57. The Labute approximate surface area is 123 Å². The monoisotopic (exact) mass is 279 g/mol. The molecule has 1 N–H and O–H groups in total. The second-order valence-corrected chi connectivity index (χ2v) is 5.45. The molecule has 1 saturated heterocycles. The summed E-state index contributed by atoms with van der Waals surface area (Å²) in [6, 6.07) is 12.2. The molecule has 1 aliphatic rings. The Morgan fingerprint density at radius 3 is 2.67 bits per heavy atom. The summed E-state index contributed by atoms with van der Waals surface area (Å²) in [5, 5.41) is 12.1. The van der Waals surface area contributed by atoms with Gasteiger partial charge in [-0.15, -0.1) is 10.2 Å². The molecule has 0 spiro atoms. The smallest absolute Gasteiger partial charge is 0.164 e. The van der Waals surface area contributed by atoms with Gasteiger partial charge in [0.15, 0.2) is 5.65 Å². The van der Waals surface area contributed by atoms with E-state index in [2.05, 4.69) is 32.6 Å². The third-order valence-corrected chi connectivity index (χ3v) is 4.10. The van der Waals surface area contributed by atoms with Crippen LogP contribution in [0.15, 0.2) is 42.7 Å². The van der Waals surface area contributed by atoms with E-state index in [4.69, 9.17) is 0 Å². The lowest BCUT2D eigenvalue weighted by molar-refractivity contribution is 0.442. The molecule has 0 saturated carbocycles. The van der Waals surface area contributed by atoms with Crippen molar-refractivity contribution >= 4 is 5.65 Å². The van der Waals surface area contributed by atoms with Crippen molar-refractivity contribution in [2.24, 2.45) is 0 Å². The van der Waals surface area contributed by atoms with Gasteiger partial charge in [-0.25, -0.2) is 4.98 Å². The number of piperidine rings is 1. The first kappa shape index (κ1) is 12.5. The third kappa shape index (κ3) is 2.29. The van der Waals surface area contributed by atoms with Crippen LogP contribution in [0.4, 0.5) is 0 Å². The summed E-state index contributed by atoms with van der Waals surface area (Å²) in [4.78, 5) is 4.57. The van der Waals surface area contributed by atoms with E-state index in [0.29, 0.717) is 5.92 Å². The lowest BCUT2D eigenvalue weighted by Gasteiger charge is -2.20. The molecular formula is C16H17N5. The molecule has 1 aliphatic heterocycles. The normalized spacial score (nSPS) is 16.4. The Kier molecular flexibility index (Phi) is 3.12. The minimum Gasteiger partial charge on any atom is -0.317 e. The average molecular weight is 279 g/mol. The molecule has 5 heteroatoms. The minimum atomic E-state index is 0.477. The van der Waals surface area contributed by atoms with Crippen LogP contribution >= 0.6 is 0 Å². The Morgan fingerprint density at radius 2 is 1.86 bits per heavy atom. The quantitative estimate of drug-likeness (QED) is 0.782. The second-order valence-electron chi connectivity index (χ2n) is 5.45. The maximum atomic E-state index is 4.57. The van der Waals surface area contributed by atoms with E-state index in [1.807, 2.05) is 35.0 Å². The van der Waals surface area contributed by atoms with Gasteiger partial charge in [-0.2, -0.15) is 0 Å². The number of fused-ring (bicyclic) bond motifs is 1. The summed E-state index contributed by atoms with van der Waals surface area (Å²) in [5.74, 6) is 1.52. The van der Waals surface area contributed by atoms with Gasteiger partial charge < -0.3 is 5.32 Å². The number of aromatic nitrogens is 4. The molecule has 106 valence electrons. The molecular weight excluding hydrogens is 262 g/mol. The molecule has 3 heterocycles. The molecule has 2 aromatic heterocycles. The highest BCUT2D eigenvalue weighted by atomic mass is 15.3. The van der Waals surface area contributed by atoms with Crippen LogP contribution in [0.5, 0.6) is 0 Å². The molecule has 0 radical (unpaired) electrons. The van der Waals surface area contributed by atoms with Crippen molar-refractivity contribution in [2.45, 2.75) is 18.8 Å². The number of nitrogens with one attached hydrogen (secondary N) is 1. The van der Waals surface area contributed by atoms with Crippen molar-refractivity contribution < 1.29 is 0 Å². The van der Waals surface area contributed by atoms with Gasteiger partial charge in [0.25, 0.3) is 0 Å². The highest BCUT2D eigenvalue weighted by molar-refractivity contribution is 5.62. The van der Waals surface area contributed by atoms with Gasteiger partial charge in [0.05, 0.1) is 5.69 Å². The van der Waals surface area contributed by atoms with E-state index in [1.165, 1.54) is 0 Å². The number of hydrogen-bond acceptors (Lipinski definition) is 4. The summed E-state index contributed by atoms with van der Waals surface area (Å²) in [6.45, 7) is 2.10. The van der Waals surface area contributed by atoms with E-state index >= 15 is 0 Å². The van der Waals surface area contributed by atoms with E-state index in [9.17, 15) is 0 Å². The predicted molar refractivity (Wildman–Crippen MR) is 81.1 cm³/mol. The van der Waals surface area contributed by atoms with Crippen molar-refractivity contribution in [3.05, 3.63) is 48.5 Å². The fraction of sp³-hybridized carbons (Fsp3) is 0.312. The molecule has 0 bridgehead atoms. The fourth-order valence-corrected chi connectivity index (χ4v) is 2.94. The summed E-state index contributed by atoms with van der Waals surface area (Å²) < 4.78 is 2.03. The molecule has 0 unspecified atom stereocenters. The van der Waals surface area contributed by atoms with Crippen LogP contribution in [0.2, 0.25) is 0 Å². The predicted octanol–water partition coefficient (Wildman–Crippen LogP) is 2.26. The zero-order valence-electron chi connectivity index (χ0n) is 11.7. The minimum absolute atomic E-state index is 0.477. The largest absolute Gasteiger partial charge is 0.317 e. The summed E-state index contributed by atoms with van der Waals surface area (Å²) in [6.07, 6.45) is 4.08. The van der Waals surface area contributed by atoms with Crippen LogP contribution in [0.25, 0.3) is 16.9 Å². The molecule has 21 heavy (non-hydrogen) atoms. The van der Waals surface area contributed by atoms with Gasteiger partial charge in [-0.1, -0.05) is 30.3 Å². The Morgan fingerprint density at radius 1 is 1.05 bits per heavy atom. The molecule has 0 aliphatic carbocycles. The number of rotatable bonds is 2. The first-order valence-corrected chi connectivity index (χ1v) is 7.38. The molecule has 1 fully saturated rings. The van der Waals surface area contributed by atoms with Crippen LogP contribution in [-0.4, -0.2) is 32.7 Å². The van der Waals surface area contributed by atoms with Crippen molar-refractivity contribution in [1.82, 2.24) is 24.9 Å². The Balaban J connectivity index is 1.73. The van der Waals surface area contributed by atoms with Crippen LogP contribution in [0.1, 0.15) is 24.6 Å². The van der Waals surface area contributed by atoms with Crippen LogP contribution in [0, 0.1) is 0 Å². The SMILES string of the molecule is c1ccc(-c2cc3nnc(C4CCNCC4)n3cn2)cc1. The Bertz CT molecular complexity index is 744. The topological polar surface area (TPSA) is 55.1 Å². The Hall–Kier alpha value is -2.27. The average Bonchev–Trinajstić information content (AvgIpc) is 2.99. The van der Waals surface area contributed by atoms with Gasteiger partial charge in [0, 0.05) is 17.5 Å². The zero-order valence-corrected chi connectivity index (χ0v) is 11.7.